The average molecular weight is 238 g/mol. The van der Waals surface area contributed by atoms with Crippen LogP contribution in [0, 0.1) is 0 Å². The van der Waals surface area contributed by atoms with Gasteiger partial charge in [-0.3, -0.25) is 10.1 Å². The van der Waals surface area contributed by atoms with Gasteiger partial charge in [0.1, 0.15) is 0 Å². The smallest absolute Gasteiger partial charge is 0.244 e. The number of nitrogens with one attached hydrogen (secondary N) is 1. The highest BCUT2D eigenvalue weighted by Crippen LogP contribution is 2.44. The molecule has 17 heavy (non-hydrogen) atoms. The molecule has 1 N–H and O–H groups in total. The van der Waals surface area contributed by atoms with E-state index in [0.29, 0.717) is 11.9 Å². The molecule has 4 heteroatoms. The van der Waals surface area contributed by atoms with Gasteiger partial charge in [0, 0.05) is 19.3 Å². The van der Waals surface area contributed by atoms with E-state index in [1.807, 2.05) is 0 Å². The Labute approximate surface area is 103 Å². The summed E-state index contributed by atoms with van der Waals surface area (Å²) in [5.74, 6) is 0.364. The first-order chi connectivity index (χ1) is 8.27. The minimum atomic E-state index is -0.155. The van der Waals surface area contributed by atoms with Crippen LogP contribution in [0.25, 0.3) is 0 Å². The first-order valence-electron chi connectivity index (χ1n) is 6.95. The molecule has 2 heterocycles. The summed E-state index contributed by atoms with van der Waals surface area (Å²) in [6, 6.07) is 0.403. The van der Waals surface area contributed by atoms with Gasteiger partial charge in [-0.05, 0) is 32.1 Å². The lowest BCUT2D eigenvalue weighted by Gasteiger charge is -2.35. The number of hydrogen-bond donors (Lipinski definition) is 1. The third kappa shape index (κ3) is 1.87. The van der Waals surface area contributed by atoms with Crippen molar-refractivity contribution in [1.29, 1.82) is 0 Å². The molecule has 2 saturated heterocycles. The lowest BCUT2D eigenvalue weighted by molar-refractivity contribution is -0.135. The van der Waals surface area contributed by atoms with Gasteiger partial charge in [-0.25, -0.2) is 0 Å². The molecule has 1 unspecified atom stereocenters. The topological polar surface area (TPSA) is 41.6 Å². The molecule has 3 fully saturated rings. The second-order valence-corrected chi connectivity index (χ2v) is 5.59. The van der Waals surface area contributed by atoms with Crippen molar-refractivity contribution < 1.29 is 9.53 Å². The highest BCUT2D eigenvalue weighted by molar-refractivity contribution is 5.92. The SMILES string of the molecule is CCCC1NC2(CC2)C(=O)N1C1CCOCC1. The van der Waals surface area contributed by atoms with Crippen molar-refractivity contribution in [2.24, 2.45) is 0 Å². The van der Waals surface area contributed by atoms with Crippen molar-refractivity contribution >= 4 is 5.91 Å². The summed E-state index contributed by atoms with van der Waals surface area (Å²) in [5.41, 5.74) is -0.155. The molecule has 0 radical (unpaired) electrons. The Kier molecular flexibility index (Phi) is 2.87. The van der Waals surface area contributed by atoms with Crippen LogP contribution in [0.2, 0.25) is 0 Å². The van der Waals surface area contributed by atoms with E-state index in [2.05, 4.69) is 17.1 Å². The first-order valence-corrected chi connectivity index (χ1v) is 6.95. The van der Waals surface area contributed by atoms with Gasteiger partial charge in [-0.1, -0.05) is 13.3 Å². The third-order valence-electron chi connectivity index (χ3n) is 4.32. The zero-order chi connectivity index (χ0) is 11.9. The summed E-state index contributed by atoms with van der Waals surface area (Å²) >= 11 is 0. The quantitative estimate of drug-likeness (QED) is 0.804. The van der Waals surface area contributed by atoms with Crippen molar-refractivity contribution in [3.8, 4) is 0 Å². The van der Waals surface area contributed by atoms with Crippen LogP contribution in [0.5, 0.6) is 0 Å². The Morgan fingerprint density at radius 2 is 2.12 bits per heavy atom. The van der Waals surface area contributed by atoms with Crippen LogP contribution in [0.1, 0.15) is 45.4 Å². The number of carbonyl (C=O) groups excluding carboxylic acids is 1. The molecule has 4 nitrogen and oxygen atoms in total. The molecule has 3 rings (SSSR count). The monoisotopic (exact) mass is 238 g/mol. The lowest BCUT2D eigenvalue weighted by atomic mass is 10.1. The van der Waals surface area contributed by atoms with Gasteiger partial charge < -0.3 is 9.64 Å². The predicted octanol–water partition coefficient (Wildman–Crippen LogP) is 1.26. The van der Waals surface area contributed by atoms with Gasteiger partial charge in [0.2, 0.25) is 5.91 Å². The van der Waals surface area contributed by atoms with Crippen LogP contribution in [0.15, 0.2) is 0 Å². The zero-order valence-electron chi connectivity index (χ0n) is 10.6. The molecule has 0 aromatic rings. The highest BCUT2D eigenvalue weighted by Gasteiger charge is 2.59. The maximum Gasteiger partial charge on any atom is 0.244 e. The maximum atomic E-state index is 12.5. The standard InChI is InChI=1S/C13H22N2O2/c1-2-3-11-14-13(6-7-13)12(16)15(11)10-4-8-17-9-5-10/h10-11,14H,2-9H2,1H3. The van der Waals surface area contributed by atoms with E-state index in [9.17, 15) is 4.79 Å². The fraction of sp³-hybridized carbons (Fsp3) is 0.923. The molecule has 0 bridgehead atoms. The van der Waals surface area contributed by atoms with E-state index in [4.69, 9.17) is 4.74 Å². The van der Waals surface area contributed by atoms with E-state index < -0.39 is 0 Å². The second kappa shape index (κ2) is 4.25. The zero-order valence-corrected chi connectivity index (χ0v) is 10.6. The van der Waals surface area contributed by atoms with Gasteiger partial charge in [0.15, 0.2) is 0 Å². The van der Waals surface area contributed by atoms with Crippen LogP contribution in [0.3, 0.4) is 0 Å². The number of ether oxygens (including phenoxy) is 1. The number of nitrogens with zero attached hydrogens (tertiary/aromatic N) is 1. The summed E-state index contributed by atoms with van der Waals surface area (Å²) < 4.78 is 5.40. The van der Waals surface area contributed by atoms with Gasteiger partial charge in [-0.2, -0.15) is 0 Å². The minimum absolute atomic E-state index is 0.155. The van der Waals surface area contributed by atoms with Crippen molar-refractivity contribution in [2.75, 3.05) is 13.2 Å². The Morgan fingerprint density at radius 3 is 2.71 bits per heavy atom. The molecule has 1 aliphatic carbocycles. The molecule has 1 spiro atoms. The molecule has 1 amide bonds. The molecular formula is C13H22N2O2. The molecule has 0 aromatic carbocycles. The Balaban J connectivity index is 1.76. The third-order valence-corrected chi connectivity index (χ3v) is 4.32. The molecule has 0 aromatic heterocycles. The summed E-state index contributed by atoms with van der Waals surface area (Å²) in [4.78, 5) is 14.6. The van der Waals surface area contributed by atoms with Crippen LogP contribution < -0.4 is 5.32 Å². The molecule has 3 aliphatic rings. The van der Waals surface area contributed by atoms with Crippen LogP contribution in [-0.2, 0) is 9.53 Å². The summed E-state index contributed by atoms with van der Waals surface area (Å²) in [6.07, 6.45) is 6.55. The number of hydrogen-bond acceptors (Lipinski definition) is 3. The normalized spacial score (nSPS) is 32.4. The summed E-state index contributed by atoms with van der Waals surface area (Å²) in [6.45, 7) is 3.80. The summed E-state index contributed by atoms with van der Waals surface area (Å²) in [5, 5.41) is 3.57. The largest absolute Gasteiger partial charge is 0.381 e. The molecule has 1 saturated carbocycles. The van der Waals surface area contributed by atoms with E-state index >= 15 is 0 Å². The fourth-order valence-corrected chi connectivity index (χ4v) is 3.19. The number of carbonyl (C=O) groups is 1. The second-order valence-electron chi connectivity index (χ2n) is 5.59. The van der Waals surface area contributed by atoms with Gasteiger partial charge in [0.25, 0.3) is 0 Å². The van der Waals surface area contributed by atoms with Gasteiger partial charge >= 0.3 is 0 Å². The summed E-state index contributed by atoms with van der Waals surface area (Å²) in [7, 11) is 0. The van der Waals surface area contributed by atoms with Crippen LogP contribution in [-0.4, -0.2) is 41.8 Å². The van der Waals surface area contributed by atoms with Crippen molar-refractivity contribution in [2.45, 2.75) is 63.2 Å². The Hall–Kier alpha value is -0.610. The van der Waals surface area contributed by atoms with Crippen molar-refractivity contribution in [3.05, 3.63) is 0 Å². The van der Waals surface area contributed by atoms with Crippen molar-refractivity contribution in [1.82, 2.24) is 10.2 Å². The predicted molar refractivity (Wildman–Crippen MR) is 64.5 cm³/mol. The number of rotatable bonds is 3. The highest BCUT2D eigenvalue weighted by atomic mass is 16.5. The molecular weight excluding hydrogens is 216 g/mol. The molecule has 1 atom stereocenters. The van der Waals surface area contributed by atoms with Crippen molar-refractivity contribution in [3.63, 3.8) is 0 Å². The van der Waals surface area contributed by atoms with E-state index in [-0.39, 0.29) is 11.7 Å². The average Bonchev–Trinajstić information content (AvgIpc) is 3.06. The first kappa shape index (κ1) is 11.5. The van der Waals surface area contributed by atoms with Crippen LogP contribution >= 0.6 is 0 Å². The number of amides is 1. The Bertz CT molecular complexity index is 309. The Morgan fingerprint density at radius 1 is 1.41 bits per heavy atom. The van der Waals surface area contributed by atoms with E-state index in [1.54, 1.807) is 0 Å². The van der Waals surface area contributed by atoms with E-state index in [1.165, 1.54) is 0 Å². The van der Waals surface area contributed by atoms with Gasteiger partial charge in [-0.15, -0.1) is 0 Å². The maximum absolute atomic E-state index is 12.5. The van der Waals surface area contributed by atoms with E-state index in [0.717, 1.165) is 51.7 Å². The molecule has 96 valence electrons. The fourth-order valence-electron chi connectivity index (χ4n) is 3.19. The lowest BCUT2D eigenvalue weighted by Crippen LogP contribution is -2.47. The van der Waals surface area contributed by atoms with Gasteiger partial charge in [0.05, 0.1) is 11.7 Å². The minimum Gasteiger partial charge on any atom is -0.381 e. The van der Waals surface area contributed by atoms with Crippen LogP contribution in [0.4, 0.5) is 0 Å². The molecule has 2 aliphatic heterocycles.